The minimum atomic E-state index is -0.282. The van der Waals surface area contributed by atoms with E-state index in [1.807, 2.05) is 18.2 Å². The number of hydrogen-bond donors (Lipinski definition) is 1. The van der Waals surface area contributed by atoms with E-state index in [-0.39, 0.29) is 42.5 Å². The number of aromatic nitrogens is 1. The fraction of sp³-hybridized carbons (Fsp3) is 0.400. The molecule has 1 aromatic heterocycles. The second-order valence-corrected chi connectivity index (χ2v) is 8.30. The Bertz CT molecular complexity index is 977. The molecule has 3 heterocycles. The summed E-state index contributed by atoms with van der Waals surface area (Å²) in [4.78, 5) is 43.0. The van der Waals surface area contributed by atoms with E-state index in [2.05, 4.69) is 10.3 Å². The normalized spacial score (nSPS) is 22.8. The lowest BCUT2D eigenvalue weighted by molar-refractivity contribution is -0.140. The number of imide groups is 1. The summed E-state index contributed by atoms with van der Waals surface area (Å²) in [7, 11) is 0. The van der Waals surface area contributed by atoms with Crippen molar-refractivity contribution in [1.82, 2.24) is 9.88 Å². The van der Waals surface area contributed by atoms with Gasteiger partial charge in [0.15, 0.2) is 16.6 Å². The van der Waals surface area contributed by atoms with E-state index in [4.69, 9.17) is 9.47 Å². The molecule has 0 bridgehead atoms. The third kappa shape index (κ3) is 3.25. The molecule has 0 radical (unpaired) electrons. The molecule has 150 valence electrons. The van der Waals surface area contributed by atoms with Crippen molar-refractivity contribution >= 4 is 44.4 Å². The number of nitrogens with zero attached hydrogens (tertiary/aromatic N) is 2. The van der Waals surface area contributed by atoms with E-state index in [0.29, 0.717) is 42.7 Å². The standard InChI is InChI=1S/C20H19N3O5S/c24-17(5-6-23-18(25)11-3-1-2-4-12(11)19(23)26)22-20-21-13-9-14-15(10-16(13)29-20)28-8-7-27-14/h1-2,9-12H,3-8H2,(H,21,22,24). The second-order valence-electron chi connectivity index (χ2n) is 7.26. The highest BCUT2D eigenvalue weighted by Crippen LogP contribution is 2.38. The van der Waals surface area contributed by atoms with Gasteiger partial charge in [-0.1, -0.05) is 23.5 Å². The van der Waals surface area contributed by atoms with Crippen LogP contribution in [0.25, 0.3) is 10.2 Å². The number of anilines is 1. The van der Waals surface area contributed by atoms with Crippen molar-refractivity contribution in [2.45, 2.75) is 19.3 Å². The van der Waals surface area contributed by atoms with Crippen LogP contribution in [0.15, 0.2) is 24.3 Å². The molecule has 9 heteroatoms. The zero-order valence-corrected chi connectivity index (χ0v) is 16.4. The molecule has 3 amide bonds. The monoisotopic (exact) mass is 413 g/mol. The number of hydrogen-bond acceptors (Lipinski definition) is 7. The number of rotatable bonds is 4. The molecule has 0 spiro atoms. The van der Waals surface area contributed by atoms with E-state index in [1.165, 1.54) is 16.2 Å². The maximum Gasteiger partial charge on any atom is 0.233 e. The molecule has 29 heavy (non-hydrogen) atoms. The van der Waals surface area contributed by atoms with Crippen molar-refractivity contribution in [3.05, 3.63) is 24.3 Å². The van der Waals surface area contributed by atoms with Gasteiger partial charge >= 0.3 is 0 Å². The van der Waals surface area contributed by atoms with Crippen molar-refractivity contribution < 1.29 is 23.9 Å². The summed E-state index contributed by atoms with van der Waals surface area (Å²) in [5.41, 5.74) is 0.719. The topological polar surface area (TPSA) is 97.8 Å². The summed E-state index contributed by atoms with van der Waals surface area (Å²) in [6.45, 7) is 1.10. The Kier molecular flexibility index (Phi) is 4.46. The van der Waals surface area contributed by atoms with E-state index in [0.717, 1.165) is 10.2 Å². The summed E-state index contributed by atoms with van der Waals surface area (Å²) in [6, 6.07) is 3.65. The molecule has 2 unspecified atom stereocenters. The smallest absolute Gasteiger partial charge is 0.233 e. The number of fused-ring (bicyclic) bond motifs is 3. The number of amides is 3. The molecule has 1 saturated heterocycles. The number of benzene rings is 1. The minimum Gasteiger partial charge on any atom is -0.486 e. The number of nitrogens with one attached hydrogen (secondary N) is 1. The molecule has 1 fully saturated rings. The van der Waals surface area contributed by atoms with Gasteiger partial charge in [0.2, 0.25) is 17.7 Å². The van der Waals surface area contributed by atoms with Crippen molar-refractivity contribution in [1.29, 1.82) is 0 Å². The fourth-order valence-corrected chi connectivity index (χ4v) is 4.90. The summed E-state index contributed by atoms with van der Waals surface area (Å²) in [5.74, 6) is 0.173. The molecule has 1 aromatic carbocycles. The van der Waals surface area contributed by atoms with E-state index < -0.39 is 0 Å². The lowest BCUT2D eigenvalue weighted by atomic mass is 9.85. The van der Waals surface area contributed by atoms with Crippen molar-refractivity contribution in [2.75, 3.05) is 25.1 Å². The Balaban J connectivity index is 1.23. The highest BCUT2D eigenvalue weighted by molar-refractivity contribution is 7.22. The lowest BCUT2D eigenvalue weighted by Gasteiger charge is -2.17. The second kappa shape index (κ2) is 7.14. The number of carbonyl (C=O) groups is 3. The summed E-state index contributed by atoms with van der Waals surface area (Å²) in [5, 5.41) is 3.23. The van der Waals surface area contributed by atoms with Crippen LogP contribution in [0.3, 0.4) is 0 Å². The van der Waals surface area contributed by atoms with Crippen LogP contribution in [0.4, 0.5) is 5.13 Å². The Morgan fingerprint density at radius 2 is 1.76 bits per heavy atom. The molecular formula is C20H19N3O5S. The molecule has 2 aromatic rings. The van der Waals surface area contributed by atoms with Crippen LogP contribution >= 0.6 is 11.3 Å². The summed E-state index contributed by atoms with van der Waals surface area (Å²) >= 11 is 1.34. The van der Waals surface area contributed by atoms with Crippen LogP contribution in [-0.2, 0) is 14.4 Å². The third-order valence-corrected chi connectivity index (χ3v) is 6.39. The van der Waals surface area contributed by atoms with Crippen LogP contribution in [-0.4, -0.2) is 47.4 Å². The molecule has 2 atom stereocenters. The lowest BCUT2D eigenvalue weighted by Crippen LogP contribution is -2.34. The van der Waals surface area contributed by atoms with Crippen LogP contribution in [0.1, 0.15) is 19.3 Å². The summed E-state index contributed by atoms with van der Waals surface area (Å²) in [6.07, 6.45) is 5.14. The first kappa shape index (κ1) is 18.1. The predicted molar refractivity (Wildman–Crippen MR) is 106 cm³/mol. The number of allylic oxidation sites excluding steroid dienone is 2. The molecule has 1 N–H and O–H groups in total. The average Bonchev–Trinajstić information content (AvgIpc) is 3.22. The Morgan fingerprint density at radius 1 is 1.10 bits per heavy atom. The van der Waals surface area contributed by atoms with Gasteiger partial charge < -0.3 is 14.8 Å². The SMILES string of the molecule is O=C(CCN1C(=O)C2CC=CCC2C1=O)Nc1nc2cc3c(cc2s1)OCCO3. The van der Waals surface area contributed by atoms with Gasteiger partial charge in [-0.05, 0) is 12.8 Å². The Labute approximate surface area is 170 Å². The van der Waals surface area contributed by atoms with Crippen LogP contribution in [0.2, 0.25) is 0 Å². The molecule has 5 rings (SSSR count). The number of carbonyl (C=O) groups excluding carboxylic acids is 3. The van der Waals surface area contributed by atoms with Gasteiger partial charge in [-0.3, -0.25) is 19.3 Å². The number of ether oxygens (including phenoxy) is 2. The van der Waals surface area contributed by atoms with Crippen LogP contribution in [0.5, 0.6) is 11.5 Å². The number of likely N-dealkylation sites (tertiary alicyclic amines) is 1. The van der Waals surface area contributed by atoms with Gasteiger partial charge in [-0.25, -0.2) is 4.98 Å². The Morgan fingerprint density at radius 3 is 2.45 bits per heavy atom. The molecule has 3 aliphatic rings. The first-order valence-electron chi connectivity index (χ1n) is 9.60. The van der Waals surface area contributed by atoms with Crippen molar-refractivity contribution in [3.8, 4) is 11.5 Å². The van der Waals surface area contributed by atoms with Crippen LogP contribution < -0.4 is 14.8 Å². The fourth-order valence-electron chi connectivity index (χ4n) is 4.00. The molecule has 1 aliphatic carbocycles. The average molecular weight is 413 g/mol. The number of thiazole rings is 1. The van der Waals surface area contributed by atoms with Crippen molar-refractivity contribution in [2.24, 2.45) is 11.8 Å². The maximum absolute atomic E-state index is 12.5. The van der Waals surface area contributed by atoms with Gasteiger partial charge in [0.05, 0.1) is 22.1 Å². The zero-order chi connectivity index (χ0) is 20.0. The highest BCUT2D eigenvalue weighted by atomic mass is 32.1. The molecular weight excluding hydrogens is 394 g/mol. The maximum atomic E-state index is 12.5. The molecule has 0 saturated carbocycles. The molecule has 8 nitrogen and oxygen atoms in total. The first-order chi connectivity index (χ1) is 14.1. The van der Waals surface area contributed by atoms with E-state index in [9.17, 15) is 14.4 Å². The van der Waals surface area contributed by atoms with Gasteiger partial charge in [0.1, 0.15) is 13.2 Å². The molecule has 2 aliphatic heterocycles. The van der Waals surface area contributed by atoms with Gasteiger partial charge in [0, 0.05) is 25.1 Å². The van der Waals surface area contributed by atoms with E-state index in [1.54, 1.807) is 6.07 Å². The predicted octanol–water partition coefficient (Wildman–Crippen LogP) is 2.35. The summed E-state index contributed by atoms with van der Waals surface area (Å²) < 4.78 is 12.0. The Hall–Kier alpha value is -2.94. The van der Waals surface area contributed by atoms with Gasteiger partial charge in [-0.2, -0.15) is 0 Å². The van der Waals surface area contributed by atoms with Crippen LogP contribution in [0, 0.1) is 11.8 Å². The zero-order valence-electron chi connectivity index (χ0n) is 15.6. The minimum absolute atomic E-state index is 0.0446. The van der Waals surface area contributed by atoms with Gasteiger partial charge in [-0.15, -0.1) is 0 Å². The first-order valence-corrected chi connectivity index (χ1v) is 10.4. The third-order valence-electron chi connectivity index (χ3n) is 5.46. The van der Waals surface area contributed by atoms with E-state index >= 15 is 0 Å². The van der Waals surface area contributed by atoms with Gasteiger partial charge in [0.25, 0.3) is 0 Å². The van der Waals surface area contributed by atoms with Crippen molar-refractivity contribution in [3.63, 3.8) is 0 Å². The highest BCUT2D eigenvalue weighted by Gasteiger charge is 2.46. The largest absolute Gasteiger partial charge is 0.486 e. The quantitative estimate of drug-likeness (QED) is 0.610.